The largest absolute Gasteiger partial charge is 0.373 e. The number of ether oxygens (including phenoxy) is 1. The maximum absolute atomic E-state index is 12.7. The minimum atomic E-state index is 0. The van der Waals surface area contributed by atoms with Crippen molar-refractivity contribution in [2.24, 2.45) is 16.8 Å². The zero-order chi connectivity index (χ0) is 20.8. The smallest absolute Gasteiger partial charge is 0.225 e. The monoisotopic (exact) mass is 540 g/mol. The van der Waals surface area contributed by atoms with Crippen LogP contribution in [-0.2, 0) is 9.53 Å². The molecule has 1 amide bonds. The van der Waals surface area contributed by atoms with Crippen LogP contribution in [0.3, 0.4) is 0 Å². The third-order valence-corrected chi connectivity index (χ3v) is 6.87. The Morgan fingerprint density at radius 1 is 1.13 bits per heavy atom. The Morgan fingerprint density at radius 3 is 2.65 bits per heavy atom. The van der Waals surface area contributed by atoms with E-state index in [9.17, 15) is 4.79 Å². The predicted octanol–water partition coefficient (Wildman–Crippen LogP) is 3.73. The minimum absolute atomic E-state index is 0. The van der Waals surface area contributed by atoms with Gasteiger partial charge in [0.1, 0.15) is 0 Å². The van der Waals surface area contributed by atoms with Crippen LogP contribution in [-0.4, -0.2) is 56.1 Å². The summed E-state index contributed by atoms with van der Waals surface area (Å²) in [6, 6.07) is 10.8. The van der Waals surface area contributed by atoms with E-state index in [-0.39, 0.29) is 42.0 Å². The molecule has 4 rings (SSSR count). The number of likely N-dealkylation sites (tertiary alicyclic amines) is 1. The summed E-state index contributed by atoms with van der Waals surface area (Å²) in [5.41, 5.74) is 1.25. The Bertz CT molecular complexity index is 724. The van der Waals surface area contributed by atoms with Crippen LogP contribution < -0.4 is 10.6 Å². The van der Waals surface area contributed by atoms with Gasteiger partial charge in [0.05, 0.1) is 6.10 Å². The fourth-order valence-corrected chi connectivity index (χ4v) is 5.19. The lowest BCUT2D eigenvalue weighted by Gasteiger charge is -2.33. The van der Waals surface area contributed by atoms with Crippen molar-refractivity contribution in [1.29, 1.82) is 0 Å². The number of guanidine groups is 1. The van der Waals surface area contributed by atoms with Gasteiger partial charge in [-0.3, -0.25) is 9.79 Å². The Labute approximate surface area is 203 Å². The topological polar surface area (TPSA) is 66.0 Å². The Morgan fingerprint density at radius 2 is 1.90 bits per heavy atom. The van der Waals surface area contributed by atoms with E-state index >= 15 is 0 Å². The zero-order valence-electron chi connectivity index (χ0n) is 18.6. The summed E-state index contributed by atoms with van der Waals surface area (Å²) in [4.78, 5) is 19.2. The zero-order valence-corrected chi connectivity index (χ0v) is 20.9. The molecule has 2 N–H and O–H groups in total. The second-order valence-corrected chi connectivity index (χ2v) is 8.95. The molecule has 2 saturated heterocycles. The highest BCUT2D eigenvalue weighted by Crippen LogP contribution is 2.33. The molecule has 2 aliphatic heterocycles. The van der Waals surface area contributed by atoms with Crippen LogP contribution in [0.5, 0.6) is 0 Å². The predicted molar refractivity (Wildman–Crippen MR) is 135 cm³/mol. The van der Waals surface area contributed by atoms with Crippen molar-refractivity contribution in [1.82, 2.24) is 15.5 Å². The summed E-state index contributed by atoms with van der Waals surface area (Å²) >= 11 is 0. The van der Waals surface area contributed by atoms with Crippen LogP contribution in [0, 0.1) is 11.8 Å². The van der Waals surface area contributed by atoms with E-state index < -0.39 is 0 Å². The molecular formula is C24H37IN4O2. The summed E-state index contributed by atoms with van der Waals surface area (Å²) in [7, 11) is 1.82. The molecular weight excluding hydrogens is 503 g/mol. The normalized spacial score (nSPS) is 27.1. The van der Waals surface area contributed by atoms with Gasteiger partial charge in [-0.15, -0.1) is 24.0 Å². The maximum Gasteiger partial charge on any atom is 0.225 e. The quantitative estimate of drug-likeness (QED) is 0.340. The molecule has 0 bridgehead atoms. The van der Waals surface area contributed by atoms with E-state index in [0.717, 1.165) is 64.3 Å². The average Bonchev–Trinajstić information content (AvgIpc) is 3.49. The molecule has 1 aliphatic carbocycles. The molecule has 31 heavy (non-hydrogen) atoms. The molecule has 3 atom stereocenters. The Hall–Kier alpha value is -1.35. The molecule has 172 valence electrons. The van der Waals surface area contributed by atoms with Gasteiger partial charge in [-0.05, 0) is 37.7 Å². The first kappa shape index (κ1) is 24.3. The molecule has 3 aliphatic rings. The number of nitrogens with zero attached hydrogens (tertiary/aromatic N) is 2. The van der Waals surface area contributed by atoms with Crippen molar-refractivity contribution < 1.29 is 9.53 Å². The van der Waals surface area contributed by atoms with E-state index in [1.54, 1.807) is 0 Å². The molecule has 1 saturated carbocycles. The molecule has 0 spiro atoms. The van der Waals surface area contributed by atoms with Crippen LogP contribution in [0.2, 0.25) is 0 Å². The summed E-state index contributed by atoms with van der Waals surface area (Å²) < 4.78 is 6.12. The third kappa shape index (κ3) is 6.34. The van der Waals surface area contributed by atoms with Gasteiger partial charge in [-0.2, -0.15) is 0 Å². The number of benzene rings is 1. The lowest BCUT2D eigenvalue weighted by molar-refractivity contribution is -0.134. The number of hydrogen-bond acceptors (Lipinski definition) is 3. The van der Waals surface area contributed by atoms with E-state index in [2.05, 4.69) is 44.8 Å². The number of rotatable bonds is 5. The van der Waals surface area contributed by atoms with Crippen molar-refractivity contribution in [3.63, 3.8) is 0 Å². The van der Waals surface area contributed by atoms with Gasteiger partial charge in [0.15, 0.2) is 5.96 Å². The fourth-order valence-electron chi connectivity index (χ4n) is 5.19. The van der Waals surface area contributed by atoms with Crippen LogP contribution in [0.1, 0.15) is 56.6 Å². The van der Waals surface area contributed by atoms with Crippen molar-refractivity contribution in [3.8, 4) is 0 Å². The number of amides is 1. The molecule has 0 radical (unpaired) electrons. The van der Waals surface area contributed by atoms with Gasteiger partial charge in [-0.1, -0.05) is 43.2 Å². The van der Waals surface area contributed by atoms with Crippen molar-refractivity contribution >= 4 is 35.8 Å². The number of nitrogens with one attached hydrogen (secondary N) is 2. The van der Waals surface area contributed by atoms with E-state index in [1.807, 2.05) is 13.1 Å². The van der Waals surface area contributed by atoms with E-state index in [0.29, 0.717) is 11.8 Å². The molecule has 0 aromatic heterocycles. The molecule has 1 aromatic carbocycles. The standard InChI is InChI=1S/C24H36N4O2.HI/c1-25-24(27-21-13-14-28(17-21)23(29)19-10-5-6-11-19)26-16-20-12-7-15-30-22(20)18-8-3-2-4-9-18;/h2-4,8-9,19-22H,5-7,10-17H2,1H3,(H2,25,26,27);1H. The molecule has 7 heteroatoms. The third-order valence-electron chi connectivity index (χ3n) is 6.87. The van der Waals surface area contributed by atoms with Gasteiger partial charge >= 0.3 is 0 Å². The second-order valence-electron chi connectivity index (χ2n) is 8.95. The molecule has 3 unspecified atom stereocenters. The number of aliphatic imine (C=N–C) groups is 1. The number of hydrogen-bond donors (Lipinski definition) is 2. The van der Waals surface area contributed by atoms with Crippen LogP contribution in [0.15, 0.2) is 35.3 Å². The van der Waals surface area contributed by atoms with Gasteiger partial charge in [0, 0.05) is 51.2 Å². The SMILES string of the molecule is CN=C(NCC1CCCOC1c1ccccc1)NC1CCN(C(=O)C2CCCC2)C1.I. The molecule has 3 fully saturated rings. The van der Waals surface area contributed by atoms with Crippen molar-refractivity contribution in [3.05, 3.63) is 35.9 Å². The highest BCUT2D eigenvalue weighted by atomic mass is 127. The minimum Gasteiger partial charge on any atom is -0.373 e. The number of carbonyl (C=O) groups is 1. The molecule has 6 nitrogen and oxygen atoms in total. The Kier molecular flexibility index (Phi) is 9.44. The fraction of sp³-hybridized carbons (Fsp3) is 0.667. The van der Waals surface area contributed by atoms with Crippen molar-refractivity contribution in [2.75, 3.05) is 33.3 Å². The first-order valence-corrected chi connectivity index (χ1v) is 11.7. The van der Waals surface area contributed by atoms with Crippen LogP contribution >= 0.6 is 24.0 Å². The van der Waals surface area contributed by atoms with E-state index in [4.69, 9.17) is 4.74 Å². The summed E-state index contributed by atoms with van der Waals surface area (Å²) in [6.45, 7) is 3.30. The Balaban J connectivity index is 0.00000272. The highest BCUT2D eigenvalue weighted by Gasteiger charge is 2.33. The van der Waals surface area contributed by atoms with Gasteiger partial charge in [0.2, 0.25) is 5.91 Å². The number of carbonyl (C=O) groups excluding carboxylic acids is 1. The van der Waals surface area contributed by atoms with Gasteiger partial charge in [0.25, 0.3) is 0 Å². The summed E-state index contributed by atoms with van der Waals surface area (Å²) in [6.07, 6.45) is 7.93. The van der Waals surface area contributed by atoms with Gasteiger partial charge < -0.3 is 20.3 Å². The summed E-state index contributed by atoms with van der Waals surface area (Å²) in [5.74, 6) is 1.88. The van der Waals surface area contributed by atoms with Crippen molar-refractivity contribution in [2.45, 2.75) is 57.1 Å². The second kappa shape index (κ2) is 12.0. The molecule has 2 heterocycles. The lowest BCUT2D eigenvalue weighted by Crippen LogP contribution is -2.47. The first-order chi connectivity index (χ1) is 14.7. The molecule has 1 aromatic rings. The van der Waals surface area contributed by atoms with Gasteiger partial charge in [-0.25, -0.2) is 0 Å². The number of halogens is 1. The lowest BCUT2D eigenvalue weighted by atomic mass is 9.89. The first-order valence-electron chi connectivity index (χ1n) is 11.7. The highest BCUT2D eigenvalue weighted by molar-refractivity contribution is 14.0. The maximum atomic E-state index is 12.7. The van der Waals surface area contributed by atoms with Crippen LogP contribution in [0.25, 0.3) is 0 Å². The average molecular weight is 540 g/mol. The van der Waals surface area contributed by atoms with E-state index in [1.165, 1.54) is 18.4 Å². The summed E-state index contributed by atoms with van der Waals surface area (Å²) in [5, 5.41) is 7.06. The van der Waals surface area contributed by atoms with Crippen LogP contribution in [0.4, 0.5) is 0 Å².